The largest absolute Gasteiger partial charge is 0.307 e. The van der Waals surface area contributed by atoms with Crippen molar-refractivity contribution < 1.29 is 0 Å². The molecule has 0 N–H and O–H groups in total. The second kappa shape index (κ2) is 16.4. The van der Waals surface area contributed by atoms with E-state index in [0.717, 1.165) is 71.7 Å². The molecule has 0 saturated heterocycles. The van der Waals surface area contributed by atoms with Gasteiger partial charge in [0.15, 0.2) is 11.6 Å². The molecule has 0 amide bonds. The maximum Gasteiger partial charge on any atom is 0.238 e. The molecule has 3 heterocycles. The van der Waals surface area contributed by atoms with Crippen LogP contribution in [0.1, 0.15) is 52.2 Å². The maximum absolute atomic E-state index is 5.49. The second-order valence-electron chi connectivity index (χ2n) is 20.7. The van der Waals surface area contributed by atoms with E-state index in [9.17, 15) is 0 Å². The van der Waals surface area contributed by atoms with Gasteiger partial charge >= 0.3 is 0 Å². The average molecular weight is 916 g/mol. The number of fused-ring (bicyclic) bond motifs is 8. The summed E-state index contributed by atoms with van der Waals surface area (Å²) >= 11 is 0. The Bertz CT molecular complexity index is 4040. The number of benzene rings is 9. The Hall–Kier alpha value is -8.41. The summed E-state index contributed by atoms with van der Waals surface area (Å²) in [5.74, 6) is 2.33. The molecule has 71 heavy (non-hydrogen) atoms. The number of para-hydroxylation sites is 2. The first kappa shape index (κ1) is 42.7. The van der Waals surface area contributed by atoms with Crippen molar-refractivity contribution in [3.8, 4) is 67.8 Å². The minimum absolute atomic E-state index is 0.0420. The zero-order chi connectivity index (χ0) is 48.0. The standard InChI is InChI=1S/C66H53N5/c1-42-41-65(2,3)56-34-20-33-50(59(56)66(42,4)5)47-27-18-25-45(39-47)46-26-19-28-48(40-46)70-57-35-16-14-30-51(57)53-37-38-54-52-31-15-17-36-58(52)71(61(54)60(53)70)64-68-62(44-23-10-7-11-24-44)67-63(69-64)55-32-13-12-29-49(55)43-21-8-6-9-22-43/h6-40,42H,41H2,1-5H3. The molecule has 0 fully saturated rings. The highest BCUT2D eigenvalue weighted by Gasteiger charge is 2.43. The molecule has 0 aliphatic heterocycles. The van der Waals surface area contributed by atoms with Crippen LogP contribution in [0.2, 0.25) is 0 Å². The summed E-state index contributed by atoms with van der Waals surface area (Å²) in [7, 11) is 0. The van der Waals surface area contributed by atoms with Crippen LogP contribution in [0.3, 0.4) is 0 Å². The number of nitrogens with zero attached hydrogens (tertiary/aromatic N) is 5. The second-order valence-corrected chi connectivity index (χ2v) is 20.7. The monoisotopic (exact) mass is 915 g/mol. The van der Waals surface area contributed by atoms with Crippen LogP contribution in [-0.4, -0.2) is 24.1 Å². The van der Waals surface area contributed by atoms with Crippen LogP contribution < -0.4 is 0 Å². The van der Waals surface area contributed by atoms with Crippen molar-refractivity contribution in [2.45, 2.75) is 51.9 Å². The van der Waals surface area contributed by atoms with E-state index >= 15 is 0 Å². The van der Waals surface area contributed by atoms with Crippen molar-refractivity contribution in [3.05, 3.63) is 223 Å². The summed E-state index contributed by atoms with van der Waals surface area (Å²) < 4.78 is 4.74. The van der Waals surface area contributed by atoms with E-state index in [1.165, 1.54) is 39.6 Å². The summed E-state index contributed by atoms with van der Waals surface area (Å²) in [4.78, 5) is 16.1. The highest BCUT2D eigenvalue weighted by molar-refractivity contribution is 6.23. The van der Waals surface area contributed by atoms with Crippen molar-refractivity contribution in [2.24, 2.45) is 5.92 Å². The molecule has 1 aliphatic carbocycles. The molecule has 12 aromatic rings. The molecule has 5 nitrogen and oxygen atoms in total. The lowest BCUT2D eigenvalue weighted by molar-refractivity contribution is 0.234. The minimum Gasteiger partial charge on any atom is -0.307 e. The molecule has 13 rings (SSSR count). The molecule has 0 saturated carbocycles. The Labute approximate surface area is 414 Å². The maximum atomic E-state index is 5.49. The first-order valence-electron chi connectivity index (χ1n) is 24.9. The molecular formula is C66H53N5. The summed E-state index contributed by atoms with van der Waals surface area (Å²) in [6.07, 6.45) is 1.17. The van der Waals surface area contributed by atoms with Gasteiger partial charge in [-0.1, -0.05) is 217 Å². The summed E-state index contributed by atoms with van der Waals surface area (Å²) in [6, 6.07) is 76.4. The summed E-state index contributed by atoms with van der Waals surface area (Å²) in [5, 5.41) is 4.59. The predicted molar refractivity (Wildman–Crippen MR) is 296 cm³/mol. The molecule has 0 spiro atoms. The van der Waals surface area contributed by atoms with E-state index in [1.54, 1.807) is 0 Å². The third-order valence-electron chi connectivity index (χ3n) is 15.7. The van der Waals surface area contributed by atoms with Gasteiger partial charge in [-0.15, -0.1) is 0 Å². The lowest BCUT2D eigenvalue weighted by Crippen LogP contribution is -2.40. The van der Waals surface area contributed by atoms with E-state index in [-0.39, 0.29) is 10.8 Å². The van der Waals surface area contributed by atoms with Gasteiger partial charge in [0.2, 0.25) is 5.95 Å². The smallest absolute Gasteiger partial charge is 0.238 e. The van der Waals surface area contributed by atoms with Crippen LogP contribution in [0.25, 0.3) is 111 Å². The molecular weight excluding hydrogens is 863 g/mol. The van der Waals surface area contributed by atoms with Gasteiger partial charge in [0.25, 0.3) is 0 Å². The third kappa shape index (κ3) is 6.86. The van der Waals surface area contributed by atoms with E-state index in [1.807, 2.05) is 18.2 Å². The van der Waals surface area contributed by atoms with Gasteiger partial charge in [0.1, 0.15) is 0 Å². The molecule has 0 radical (unpaired) electrons. The topological polar surface area (TPSA) is 48.5 Å². The molecule has 342 valence electrons. The van der Waals surface area contributed by atoms with Gasteiger partial charge in [-0.05, 0) is 98.0 Å². The number of aromatic nitrogens is 5. The molecule has 5 heteroatoms. The molecule has 1 atom stereocenters. The Morgan fingerprint density at radius 1 is 0.408 bits per heavy atom. The zero-order valence-corrected chi connectivity index (χ0v) is 40.7. The van der Waals surface area contributed by atoms with Gasteiger partial charge in [0, 0.05) is 38.4 Å². The molecule has 9 aromatic carbocycles. The molecule has 0 bridgehead atoms. The van der Waals surface area contributed by atoms with E-state index < -0.39 is 0 Å². The Balaban J connectivity index is 1.05. The quantitative estimate of drug-likeness (QED) is 0.160. The van der Waals surface area contributed by atoms with Crippen LogP contribution in [0.5, 0.6) is 0 Å². The van der Waals surface area contributed by atoms with Crippen LogP contribution in [0.15, 0.2) is 212 Å². The van der Waals surface area contributed by atoms with Gasteiger partial charge in [-0.25, -0.2) is 4.98 Å². The third-order valence-corrected chi connectivity index (χ3v) is 15.7. The van der Waals surface area contributed by atoms with E-state index in [2.05, 4.69) is 238 Å². The van der Waals surface area contributed by atoms with Crippen molar-refractivity contribution in [3.63, 3.8) is 0 Å². The fourth-order valence-corrected chi connectivity index (χ4v) is 11.9. The van der Waals surface area contributed by atoms with Crippen molar-refractivity contribution in [2.75, 3.05) is 0 Å². The van der Waals surface area contributed by atoms with Crippen LogP contribution in [-0.2, 0) is 10.8 Å². The lowest BCUT2D eigenvalue weighted by atomic mass is 9.57. The Kier molecular flexibility index (Phi) is 9.83. The van der Waals surface area contributed by atoms with Crippen LogP contribution >= 0.6 is 0 Å². The van der Waals surface area contributed by atoms with E-state index in [4.69, 9.17) is 15.0 Å². The average Bonchev–Trinajstić information content (AvgIpc) is 3.94. The van der Waals surface area contributed by atoms with Gasteiger partial charge in [-0.3, -0.25) is 4.57 Å². The Morgan fingerprint density at radius 3 is 1.65 bits per heavy atom. The van der Waals surface area contributed by atoms with Crippen molar-refractivity contribution >= 4 is 43.6 Å². The van der Waals surface area contributed by atoms with Gasteiger partial charge in [-0.2, -0.15) is 9.97 Å². The summed E-state index contributed by atoms with van der Waals surface area (Å²) in [5.41, 5.74) is 17.4. The number of rotatable bonds is 7. The predicted octanol–water partition coefficient (Wildman–Crippen LogP) is 17.0. The fourth-order valence-electron chi connectivity index (χ4n) is 11.9. The number of hydrogen-bond donors (Lipinski definition) is 0. The zero-order valence-electron chi connectivity index (χ0n) is 40.7. The molecule has 3 aromatic heterocycles. The van der Waals surface area contributed by atoms with E-state index in [0.29, 0.717) is 23.5 Å². The molecule has 1 unspecified atom stereocenters. The van der Waals surface area contributed by atoms with Gasteiger partial charge < -0.3 is 4.57 Å². The fraction of sp³-hybridized carbons (Fsp3) is 0.136. The van der Waals surface area contributed by atoms with Crippen LogP contribution in [0, 0.1) is 5.92 Å². The first-order valence-corrected chi connectivity index (χ1v) is 24.9. The van der Waals surface area contributed by atoms with Gasteiger partial charge in [0.05, 0.1) is 22.1 Å². The van der Waals surface area contributed by atoms with Crippen LogP contribution in [0.4, 0.5) is 0 Å². The normalized spacial score (nSPS) is 15.1. The lowest BCUT2D eigenvalue weighted by Gasteiger charge is -2.47. The first-order chi connectivity index (χ1) is 34.6. The highest BCUT2D eigenvalue weighted by atomic mass is 15.2. The number of hydrogen-bond acceptors (Lipinski definition) is 3. The Morgan fingerprint density at radius 2 is 0.930 bits per heavy atom. The SMILES string of the molecule is CC1CC(C)(C)c2cccc(-c3cccc(-c4cccc(-n5c6ccccc6c6ccc7c8ccccc8n(-c8nc(-c9ccccc9)nc(-c9ccccc9-c9ccccc9)n8)c7c65)c4)c3)c2C1(C)C. The summed E-state index contributed by atoms with van der Waals surface area (Å²) in [6.45, 7) is 12.2. The minimum atomic E-state index is 0.0420. The molecule has 1 aliphatic rings. The van der Waals surface area contributed by atoms with Crippen molar-refractivity contribution in [1.82, 2.24) is 24.1 Å². The van der Waals surface area contributed by atoms with Crippen molar-refractivity contribution in [1.29, 1.82) is 0 Å². The highest BCUT2D eigenvalue weighted by Crippen LogP contribution is 2.52.